The van der Waals surface area contributed by atoms with E-state index in [1.807, 2.05) is 0 Å². The molecule has 0 radical (unpaired) electrons. The lowest BCUT2D eigenvalue weighted by molar-refractivity contribution is -0.123. The summed E-state index contributed by atoms with van der Waals surface area (Å²) >= 11 is 11.9. The molecule has 2 aromatic carbocycles. The van der Waals surface area contributed by atoms with Crippen LogP contribution in [0.3, 0.4) is 0 Å². The summed E-state index contributed by atoms with van der Waals surface area (Å²) in [4.78, 5) is 24.5. The van der Waals surface area contributed by atoms with Crippen molar-refractivity contribution < 1.29 is 27.5 Å². The third-order valence-electron chi connectivity index (χ3n) is 3.80. The molecule has 2 N–H and O–H groups in total. The molecular formula is C18H18Cl2N2O6S. The fourth-order valence-corrected chi connectivity index (χ4v) is 3.49. The van der Waals surface area contributed by atoms with E-state index in [4.69, 9.17) is 32.7 Å². The molecule has 0 aliphatic carbocycles. The van der Waals surface area contributed by atoms with Crippen LogP contribution in [0.4, 0.5) is 5.69 Å². The van der Waals surface area contributed by atoms with Gasteiger partial charge in [0.05, 0.1) is 23.4 Å². The number of anilines is 1. The first kappa shape index (κ1) is 23.0. The molecule has 0 aliphatic rings. The van der Waals surface area contributed by atoms with Crippen molar-refractivity contribution >= 4 is 50.8 Å². The minimum atomic E-state index is -3.88. The van der Waals surface area contributed by atoms with E-state index in [2.05, 4.69) is 10.0 Å². The van der Waals surface area contributed by atoms with Crippen molar-refractivity contribution in [3.63, 3.8) is 0 Å². The van der Waals surface area contributed by atoms with Crippen molar-refractivity contribution in [2.75, 3.05) is 19.5 Å². The van der Waals surface area contributed by atoms with Crippen LogP contribution in [0, 0.1) is 0 Å². The van der Waals surface area contributed by atoms with E-state index < -0.39 is 28.0 Å². The molecule has 29 heavy (non-hydrogen) atoms. The van der Waals surface area contributed by atoms with Gasteiger partial charge in [0.2, 0.25) is 10.0 Å². The van der Waals surface area contributed by atoms with Crippen LogP contribution in [0.25, 0.3) is 0 Å². The minimum Gasteiger partial charge on any atom is -0.495 e. The number of sulfonamides is 1. The molecule has 0 fully saturated rings. The maximum atomic E-state index is 12.4. The molecule has 2 rings (SSSR count). The predicted octanol–water partition coefficient (Wildman–Crippen LogP) is 3.09. The van der Waals surface area contributed by atoms with E-state index in [1.54, 1.807) is 6.07 Å². The average molecular weight is 461 g/mol. The summed E-state index contributed by atoms with van der Waals surface area (Å²) in [6, 6.07) is 8.27. The van der Waals surface area contributed by atoms with Crippen LogP contribution in [-0.2, 0) is 19.6 Å². The largest absolute Gasteiger partial charge is 0.495 e. The van der Waals surface area contributed by atoms with E-state index in [0.717, 1.165) is 6.07 Å². The third kappa shape index (κ3) is 5.60. The Bertz CT molecular complexity index is 1040. The Kier molecular flexibility index (Phi) is 7.48. The summed E-state index contributed by atoms with van der Waals surface area (Å²) in [5, 5.41) is 3.14. The van der Waals surface area contributed by atoms with Crippen molar-refractivity contribution in [2.24, 2.45) is 0 Å². The van der Waals surface area contributed by atoms with Crippen LogP contribution >= 0.6 is 23.2 Å². The monoisotopic (exact) mass is 460 g/mol. The number of carbonyl (C=O) groups excluding carboxylic acids is 2. The molecule has 0 saturated heterocycles. The Hall–Kier alpha value is -2.33. The zero-order valence-electron chi connectivity index (χ0n) is 15.7. The van der Waals surface area contributed by atoms with Crippen LogP contribution in [0.5, 0.6) is 5.75 Å². The molecule has 156 valence electrons. The summed E-state index contributed by atoms with van der Waals surface area (Å²) in [6.07, 6.45) is -1.19. The number of nitrogens with one attached hydrogen (secondary N) is 2. The Morgan fingerprint density at radius 3 is 2.41 bits per heavy atom. The number of ether oxygens (including phenoxy) is 2. The van der Waals surface area contributed by atoms with Gasteiger partial charge in [-0.25, -0.2) is 17.9 Å². The molecule has 11 heteroatoms. The van der Waals surface area contributed by atoms with Crippen LogP contribution in [0.2, 0.25) is 10.0 Å². The number of rotatable bonds is 7. The van der Waals surface area contributed by atoms with Crippen molar-refractivity contribution in [2.45, 2.75) is 17.9 Å². The van der Waals surface area contributed by atoms with E-state index in [-0.39, 0.29) is 26.9 Å². The number of benzene rings is 2. The summed E-state index contributed by atoms with van der Waals surface area (Å²) < 4.78 is 36.5. The van der Waals surface area contributed by atoms with Gasteiger partial charge in [0.1, 0.15) is 10.6 Å². The molecule has 0 aliphatic heterocycles. The highest BCUT2D eigenvalue weighted by atomic mass is 35.5. The molecule has 0 aromatic heterocycles. The van der Waals surface area contributed by atoms with Gasteiger partial charge in [-0.1, -0.05) is 23.2 Å². The van der Waals surface area contributed by atoms with E-state index in [9.17, 15) is 18.0 Å². The van der Waals surface area contributed by atoms with Crippen molar-refractivity contribution in [3.05, 3.63) is 52.0 Å². The summed E-state index contributed by atoms with van der Waals surface area (Å²) in [5.41, 5.74) is 0.193. The normalized spacial score (nSPS) is 12.2. The molecule has 0 spiro atoms. The molecule has 1 unspecified atom stereocenters. The van der Waals surface area contributed by atoms with Gasteiger partial charge in [-0.2, -0.15) is 0 Å². The van der Waals surface area contributed by atoms with Gasteiger partial charge in [0.25, 0.3) is 5.91 Å². The second-order valence-electron chi connectivity index (χ2n) is 5.73. The summed E-state index contributed by atoms with van der Waals surface area (Å²) in [5.74, 6) is -1.48. The molecule has 0 saturated carbocycles. The van der Waals surface area contributed by atoms with Gasteiger partial charge in [-0.05, 0) is 50.4 Å². The molecule has 0 bridgehead atoms. The van der Waals surface area contributed by atoms with Gasteiger partial charge < -0.3 is 14.8 Å². The molecule has 8 nitrogen and oxygen atoms in total. The highest BCUT2D eigenvalue weighted by Gasteiger charge is 2.24. The molecule has 1 amide bonds. The first-order chi connectivity index (χ1) is 13.6. The first-order valence-electron chi connectivity index (χ1n) is 8.17. The Balaban J connectivity index is 2.18. The zero-order valence-corrected chi connectivity index (χ0v) is 18.0. The predicted molar refractivity (Wildman–Crippen MR) is 109 cm³/mol. The zero-order chi connectivity index (χ0) is 21.8. The van der Waals surface area contributed by atoms with Crippen molar-refractivity contribution in [1.29, 1.82) is 0 Å². The number of hydrogen-bond donors (Lipinski definition) is 2. The summed E-state index contributed by atoms with van der Waals surface area (Å²) in [7, 11) is -1.35. The number of esters is 1. The third-order valence-corrected chi connectivity index (χ3v) is 5.80. The number of amides is 1. The fourth-order valence-electron chi connectivity index (χ4n) is 2.23. The lowest BCUT2D eigenvalue weighted by Crippen LogP contribution is -2.30. The van der Waals surface area contributed by atoms with Crippen LogP contribution < -0.4 is 14.8 Å². The first-order valence-corrected chi connectivity index (χ1v) is 10.4. The molecule has 1 atom stereocenters. The molecule has 2 aromatic rings. The highest BCUT2D eigenvalue weighted by molar-refractivity contribution is 7.89. The highest BCUT2D eigenvalue weighted by Crippen LogP contribution is 2.27. The van der Waals surface area contributed by atoms with E-state index in [1.165, 1.54) is 45.3 Å². The maximum Gasteiger partial charge on any atom is 0.338 e. The minimum absolute atomic E-state index is 0.0530. The topological polar surface area (TPSA) is 111 Å². The smallest absolute Gasteiger partial charge is 0.338 e. The Morgan fingerprint density at radius 1 is 1.10 bits per heavy atom. The number of halogens is 2. The second-order valence-corrected chi connectivity index (χ2v) is 8.43. The molecular weight excluding hydrogens is 443 g/mol. The summed E-state index contributed by atoms with van der Waals surface area (Å²) in [6.45, 7) is 1.36. The van der Waals surface area contributed by atoms with Crippen molar-refractivity contribution in [3.8, 4) is 5.75 Å². The van der Waals surface area contributed by atoms with E-state index in [0.29, 0.717) is 5.02 Å². The van der Waals surface area contributed by atoms with Crippen molar-refractivity contribution in [1.82, 2.24) is 4.72 Å². The number of carbonyl (C=O) groups is 2. The van der Waals surface area contributed by atoms with Crippen LogP contribution in [0.1, 0.15) is 17.3 Å². The second kappa shape index (κ2) is 9.45. The lowest BCUT2D eigenvalue weighted by Gasteiger charge is -2.15. The average Bonchev–Trinajstić information content (AvgIpc) is 2.69. The van der Waals surface area contributed by atoms with Crippen LogP contribution in [0.15, 0.2) is 41.3 Å². The van der Waals surface area contributed by atoms with Gasteiger partial charge in [-0.15, -0.1) is 0 Å². The van der Waals surface area contributed by atoms with Gasteiger partial charge in [0.15, 0.2) is 6.10 Å². The Labute approximate surface area is 178 Å². The Morgan fingerprint density at radius 2 is 1.79 bits per heavy atom. The number of methoxy groups -OCH3 is 1. The SMILES string of the molecule is CNS(=O)(=O)c1cc(C(=O)OC(C)C(=O)Nc2cc(Cl)ccc2Cl)ccc1OC. The quantitative estimate of drug-likeness (QED) is 0.614. The van der Waals surface area contributed by atoms with Crippen LogP contribution in [-0.4, -0.2) is 40.6 Å². The fraction of sp³-hybridized carbons (Fsp3) is 0.222. The number of hydrogen-bond acceptors (Lipinski definition) is 6. The van der Waals surface area contributed by atoms with Gasteiger partial charge in [0, 0.05) is 5.02 Å². The van der Waals surface area contributed by atoms with Gasteiger partial charge >= 0.3 is 5.97 Å². The van der Waals surface area contributed by atoms with E-state index >= 15 is 0 Å². The molecule has 0 heterocycles. The standard InChI is InChI=1S/C18H18Cl2N2O6S/c1-10(17(23)22-14-9-12(19)5-6-13(14)20)28-18(24)11-4-7-15(27-3)16(8-11)29(25,26)21-2/h4-10,21H,1-3H3,(H,22,23). The lowest BCUT2D eigenvalue weighted by atomic mass is 10.2. The maximum absolute atomic E-state index is 12.4. The van der Waals surface area contributed by atoms with Gasteiger partial charge in [-0.3, -0.25) is 4.79 Å².